The topological polar surface area (TPSA) is 66.1 Å². The summed E-state index contributed by atoms with van der Waals surface area (Å²) in [6, 6.07) is 11.3. The average Bonchev–Trinajstić information content (AvgIpc) is 3.14. The zero-order valence-corrected chi connectivity index (χ0v) is 20.1. The van der Waals surface area contributed by atoms with E-state index in [1.165, 1.54) is 0 Å². The van der Waals surface area contributed by atoms with Crippen molar-refractivity contribution in [2.45, 2.75) is 32.5 Å². The minimum atomic E-state index is -4.32. The molecule has 0 bridgehead atoms. The number of hydrogen-bond donors (Lipinski definition) is 0. The summed E-state index contributed by atoms with van der Waals surface area (Å²) >= 11 is 0. The predicted molar refractivity (Wildman–Crippen MR) is 130 cm³/mol. The first-order valence-corrected chi connectivity index (χ1v) is 12.0. The Hall–Kier alpha value is -3.69. The van der Waals surface area contributed by atoms with Crippen molar-refractivity contribution >= 4 is 17.8 Å². The highest BCUT2D eigenvalue weighted by Crippen LogP contribution is 2.35. The Balaban J connectivity index is 1.41. The summed E-state index contributed by atoms with van der Waals surface area (Å²) in [5, 5.41) is 4.59. The van der Waals surface area contributed by atoms with E-state index in [-0.39, 0.29) is 11.9 Å². The lowest BCUT2D eigenvalue weighted by Crippen LogP contribution is -2.40. The summed E-state index contributed by atoms with van der Waals surface area (Å²) in [4.78, 5) is 26.2. The van der Waals surface area contributed by atoms with Crippen LogP contribution in [0.25, 0.3) is 16.8 Å². The molecule has 7 nitrogen and oxygen atoms in total. The van der Waals surface area contributed by atoms with Gasteiger partial charge in [-0.3, -0.25) is 4.79 Å². The van der Waals surface area contributed by atoms with Crippen LogP contribution in [-0.4, -0.2) is 68.4 Å². The number of benzene rings is 1. The SMILES string of the molecule is C[C@@H]1C=C(N2CC[C@@H](C)N(C(=O)c3nn4cccnc4c3-c3ccccc3)CC2)N=CC1C(F)(F)F. The Morgan fingerprint density at radius 3 is 2.56 bits per heavy atom. The molecule has 1 aromatic carbocycles. The number of hydrogen-bond acceptors (Lipinski definition) is 5. The van der Waals surface area contributed by atoms with Crippen molar-refractivity contribution in [3.63, 3.8) is 0 Å². The highest BCUT2D eigenvalue weighted by atomic mass is 19.4. The normalized spacial score (nSPS) is 23.0. The molecule has 1 fully saturated rings. The van der Waals surface area contributed by atoms with Crippen LogP contribution in [0.3, 0.4) is 0 Å². The molecule has 1 unspecified atom stereocenters. The van der Waals surface area contributed by atoms with E-state index in [0.717, 1.165) is 11.8 Å². The second-order valence-electron chi connectivity index (χ2n) is 9.33. The number of carbonyl (C=O) groups excluding carboxylic acids is 1. The summed E-state index contributed by atoms with van der Waals surface area (Å²) in [6.45, 7) is 5.00. The molecule has 36 heavy (non-hydrogen) atoms. The van der Waals surface area contributed by atoms with Gasteiger partial charge in [-0.05, 0) is 37.0 Å². The predicted octanol–water partition coefficient (Wildman–Crippen LogP) is 4.67. The number of aromatic nitrogens is 3. The third-order valence-electron chi connectivity index (χ3n) is 6.93. The molecule has 0 radical (unpaired) electrons. The molecular weight excluding hydrogens is 469 g/mol. The van der Waals surface area contributed by atoms with E-state index in [1.54, 1.807) is 40.9 Å². The van der Waals surface area contributed by atoms with E-state index in [9.17, 15) is 18.0 Å². The Morgan fingerprint density at radius 2 is 1.83 bits per heavy atom. The highest BCUT2D eigenvalue weighted by molar-refractivity contribution is 6.02. The highest BCUT2D eigenvalue weighted by Gasteiger charge is 2.43. The van der Waals surface area contributed by atoms with Gasteiger partial charge in [0.2, 0.25) is 0 Å². The zero-order valence-electron chi connectivity index (χ0n) is 20.1. The van der Waals surface area contributed by atoms with Crippen molar-refractivity contribution in [1.29, 1.82) is 0 Å². The van der Waals surface area contributed by atoms with E-state index in [0.29, 0.717) is 48.8 Å². The van der Waals surface area contributed by atoms with E-state index in [4.69, 9.17) is 0 Å². The number of nitrogens with zero attached hydrogens (tertiary/aromatic N) is 6. The summed E-state index contributed by atoms with van der Waals surface area (Å²) in [7, 11) is 0. The first kappa shape index (κ1) is 24.0. The van der Waals surface area contributed by atoms with Crippen molar-refractivity contribution in [1.82, 2.24) is 24.4 Å². The Labute approximate surface area is 206 Å². The molecule has 1 saturated heterocycles. The lowest BCUT2D eigenvalue weighted by Gasteiger charge is -2.29. The first-order chi connectivity index (χ1) is 17.2. The van der Waals surface area contributed by atoms with Crippen LogP contribution in [-0.2, 0) is 0 Å². The molecule has 4 heterocycles. The summed E-state index contributed by atoms with van der Waals surface area (Å²) in [6.07, 6.45) is 2.37. The van der Waals surface area contributed by atoms with E-state index < -0.39 is 18.0 Å². The van der Waals surface area contributed by atoms with Gasteiger partial charge in [-0.2, -0.15) is 18.3 Å². The number of rotatable bonds is 3. The van der Waals surface area contributed by atoms with Crippen molar-refractivity contribution < 1.29 is 18.0 Å². The van der Waals surface area contributed by atoms with E-state index >= 15 is 0 Å². The summed E-state index contributed by atoms with van der Waals surface area (Å²) in [5.74, 6) is -1.94. The fraction of sp³-hybridized carbons (Fsp3) is 0.385. The van der Waals surface area contributed by atoms with Crippen LogP contribution in [0.4, 0.5) is 13.2 Å². The average molecular weight is 497 g/mol. The van der Waals surface area contributed by atoms with Gasteiger partial charge < -0.3 is 9.80 Å². The van der Waals surface area contributed by atoms with Gasteiger partial charge in [-0.1, -0.05) is 37.3 Å². The third-order valence-corrected chi connectivity index (χ3v) is 6.93. The molecule has 2 aliphatic rings. The minimum absolute atomic E-state index is 0.0857. The van der Waals surface area contributed by atoms with Crippen molar-refractivity contribution in [3.05, 3.63) is 66.4 Å². The molecule has 1 amide bonds. The summed E-state index contributed by atoms with van der Waals surface area (Å²) in [5.41, 5.74) is 2.47. The van der Waals surface area contributed by atoms with Crippen LogP contribution < -0.4 is 0 Å². The van der Waals surface area contributed by atoms with Crippen LogP contribution in [0.5, 0.6) is 0 Å². The number of amides is 1. The van der Waals surface area contributed by atoms with E-state index in [1.807, 2.05) is 42.2 Å². The van der Waals surface area contributed by atoms with Gasteiger partial charge in [0.05, 0.1) is 11.5 Å². The van der Waals surface area contributed by atoms with Gasteiger partial charge in [-0.25, -0.2) is 14.5 Å². The minimum Gasteiger partial charge on any atom is -0.355 e. The molecule has 0 aliphatic carbocycles. The number of allylic oxidation sites excluding steroid dienone is 1. The smallest absolute Gasteiger partial charge is 0.355 e. The second-order valence-corrected chi connectivity index (χ2v) is 9.33. The maximum absolute atomic E-state index is 13.8. The van der Waals surface area contributed by atoms with Crippen LogP contribution in [0.2, 0.25) is 0 Å². The quantitative estimate of drug-likeness (QED) is 0.529. The largest absolute Gasteiger partial charge is 0.397 e. The standard InChI is InChI=1S/C26H27F3N6O/c1-17-15-21(31-16-20(17)26(27,28)29)33-12-9-18(2)34(14-13-33)25(36)23-22(19-7-4-3-5-8-19)24-30-10-6-11-35(24)32-23/h3-8,10-11,15-18,20H,9,12-14H2,1-2H3/t17-,18-,20?/m1/s1. The molecular formula is C26H27F3N6O. The molecule has 3 atom stereocenters. The van der Waals surface area contributed by atoms with Gasteiger partial charge in [0, 0.05) is 44.3 Å². The Kier molecular flexibility index (Phi) is 6.27. The first-order valence-electron chi connectivity index (χ1n) is 12.0. The van der Waals surface area contributed by atoms with Gasteiger partial charge in [-0.15, -0.1) is 0 Å². The van der Waals surface area contributed by atoms with Crippen LogP contribution >= 0.6 is 0 Å². The number of halogens is 3. The molecule has 5 rings (SSSR count). The molecule has 188 valence electrons. The second kappa shape index (κ2) is 9.40. The number of fused-ring (bicyclic) bond motifs is 1. The van der Waals surface area contributed by atoms with Crippen molar-refractivity contribution in [2.24, 2.45) is 16.8 Å². The van der Waals surface area contributed by atoms with E-state index in [2.05, 4.69) is 15.1 Å². The lowest BCUT2D eigenvalue weighted by molar-refractivity contribution is -0.161. The van der Waals surface area contributed by atoms with Gasteiger partial charge in [0.25, 0.3) is 5.91 Å². The fourth-order valence-electron chi connectivity index (χ4n) is 4.88. The number of carbonyl (C=O) groups is 1. The maximum Gasteiger partial charge on any atom is 0.397 e. The molecule has 3 aromatic rings. The molecule has 2 aromatic heterocycles. The Morgan fingerprint density at radius 1 is 1.06 bits per heavy atom. The van der Waals surface area contributed by atoms with Gasteiger partial charge in [0.15, 0.2) is 11.3 Å². The van der Waals surface area contributed by atoms with Crippen molar-refractivity contribution in [2.75, 3.05) is 19.6 Å². The molecule has 10 heteroatoms. The number of alkyl halides is 3. The fourth-order valence-corrected chi connectivity index (χ4v) is 4.88. The van der Waals surface area contributed by atoms with Crippen LogP contribution in [0, 0.1) is 11.8 Å². The molecule has 0 spiro atoms. The molecule has 2 aliphatic heterocycles. The maximum atomic E-state index is 13.8. The molecule has 0 N–H and O–H groups in total. The van der Waals surface area contributed by atoms with Gasteiger partial charge in [0.1, 0.15) is 5.82 Å². The number of aliphatic imine (C=N–C) groups is 1. The summed E-state index contributed by atoms with van der Waals surface area (Å²) < 4.78 is 41.3. The van der Waals surface area contributed by atoms with Crippen LogP contribution in [0.1, 0.15) is 30.8 Å². The zero-order chi connectivity index (χ0) is 25.4. The molecule has 0 saturated carbocycles. The van der Waals surface area contributed by atoms with Crippen LogP contribution in [0.15, 0.2) is 65.7 Å². The van der Waals surface area contributed by atoms with Crippen molar-refractivity contribution in [3.8, 4) is 11.1 Å². The van der Waals surface area contributed by atoms with Gasteiger partial charge >= 0.3 is 6.18 Å². The Bertz CT molecular complexity index is 1320. The monoisotopic (exact) mass is 496 g/mol. The third kappa shape index (κ3) is 4.47. The lowest BCUT2D eigenvalue weighted by atomic mass is 9.92.